The van der Waals surface area contributed by atoms with Gasteiger partial charge in [-0.1, -0.05) is 97.1 Å². The van der Waals surface area contributed by atoms with Gasteiger partial charge in [0.15, 0.2) is 0 Å². The first-order chi connectivity index (χ1) is 20.5. The van der Waals surface area contributed by atoms with Crippen molar-refractivity contribution in [3.05, 3.63) is 143 Å². The number of fused-ring (bicyclic) bond motifs is 1. The summed E-state index contributed by atoms with van der Waals surface area (Å²) in [5.74, 6) is -0.848. The molecule has 4 aromatic carbocycles. The summed E-state index contributed by atoms with van der Waals surface area (Å²) in [5, 5.41) is 2.20. The molecule has 0 bridgehead atoms. The third-order valence-electron chi connectivity index (χ3n) is 7.59. The first kappa shape index (κ1) is 26.8. The van der Waals surface area contributed by atoms with Gasteiger partial charge in [0.05, 0.1) is 41.0 Å². The smallest absolute Gasteiger partial charge is 0.340 e. The van der Waals surface area contributed by atoms with Crippen LogP contribution in [0.5, 0.6) is 0 Å². The Kier molecular flexibility index (Phi) is 7.19. The van der Waals surface area contributed by atoms with E-state index in [9.17, 15) is 9.59 Å². The van der Waals surface area contributed by atoms with Gasteiger partial charge in [-0.25, -0.2) is 9.59 Å². The van der Waals surface area contributed by atoms with Crippen LogP contribution >= 0.6 is 0 Å². The number of esters is 2. The molecule has 0 unspecified atom stereocenters. The maximum Gasteiger partial charge on any atom is 0.340 e. The van der Waals surface area contributed by atoms with Gasteiger partial charge in [-0.2, -0.15) is 0 Å². The number of carbonyl (C=O) groups excluding carboxylic acids is 2. The van der Waals surface area contributed by atoms with Gasteiger partial charge in [0.25, 0.3) is 0 Å². The first-order valence-electron chi connectivity index (χ1n) is 13.8. The van der Waals surface area contributed by atoms with Crippen LogP contribution in [0.2, 0.25) is 0 Å². The molecule has 6 nitrogen and oxygen atoms in total. The highest BCUT2D eigenvalue weighted by molar-refractivity contribution is 5.95. The van der Waals surface area contributed by atoms with Gasteiger partial charge in [0.2, 0.25) is 0 Å². The number of aromatic nitrogens is 2. The molecule has 0 radical (unpaired) electrons. The zero-order valence-electron chi connectivity index (χ0n) is 23.7. The predicted octanol–water partition coefficient (Wildman–Crippen LogP) is 7.85. The lowest BCUT2D eigenvalue weighted by atomic mass is 10.0. The Morgan fingerprint density at radius 1 is 0.595 bits per heavy atom. The highest BCUT2D eigenvalue weighted by atomic mass is 16.5. The Bertz CT molecular complexity index is 1920. The van der Waals surface area contributed by atoms with Gasteiger partial charge in [-0.15, -0.1) is 0 Å². The van der Waals surface area contributed by atoms with Gasteiger partial charge in [-0.3, -0.25) is 9.35 Å². The summed E-state index contributed by atoms with van der Waals surface area (Å²) in [6.07, 6.45) is 0. The van der Waals surface area contributed by atoms with Crippen molar-refractivity contribution in [1.82, 2.24) is 9.35 Å². The van der Waals surface area contributed by atoms with E-state index >= 15 is 0 Å². The van der Waals surface area contributed by atoms with Gasteiger partial charge in [-0.05, 0) is 48.4 Å². The van der Waals surface area contributed by atoms with E-state index in [-0.39, 0.29) is 6.61 Å². The van der Waals surface area contributed by atoms with Crippen molar-refractivity contribution < 1.29 is 19.1 Å². The Labute approximate surface area is 244 Å². The molecule has 6 aromatic rings. The van der Waals surface area contributed by atoms with Crippen LogP contribution in [0.3, 0.4) is 0 Å². The number of nitrogens with zero attached hydrogens (tertiary/aromatic N) is 2. The number of ether oxygens (including phenoxy) is 2. The highest BCUT2D eigenvalue weighted by Gasteiger charge is 2.26. The minimum atomic E-state index is -0.428. The third kappa shape index (κ3) is 4.88. The quantitative estimate of drug-likeness (QED) is 0.189. The van der Waals surface area contributed by atoms with Crippen molar-refractivity contribution in [2.24, 2.45) is 0 Å². The van der Waals surface area contributed by atoms with E-state index in [2.05, 4.69) is 30.3 Å². The van der Waals surface area contributed by atoms with E-state index in [1.54, 1.807) is 0 Å². The van der Waals surface area contributed by atoms with E-state index in [4.69, 9.17) is 9.47 Å². The molecule has 0 aliphatic carbocycles. The minimum absolute atomic E-state index is 0.167. The van der Waals surface area contributed by atoms with Crippen LogP contribution in [0.1, 0.15) is 37.7 Å². The average Bonchev–Trinajstić information content (AvgIpc) is 3.56. The Hall–Kier alpha value is -5.36. The molecule has 0 atom stereocenters. The van der Waals surface area contributed by atoms with Crippen LogP contribution in [-0.2, 0) is 16.1 Å². The Morgan fingerprint density at radius 3 is 1.79 bits per heavy atom. The summed E-state index contributed by atoms with van der Waals surface area (Å²) in [6.45, 7) is 3.95. The van der Waals surface area contributed by atoms with Gasteiger partial charge < -0.3 is 9.47 Å². The number of rotatable bonds is 7. The molecular formula is C36H30N2O4. The molecule has 0 aliphatic heterocycles. The molecular weight excluding hydrogens is 524 g/mol. The molecule has 2 aromatic heterocycles. The standard InChI is InChI=1S/C36H30N2O4/c1-24-31(35(39)41-3)21-33(28-15-8-5-9-16-28)37(24)38-25(2)32(36(40)42-23-26-12-6-4-7-13-26)22-34(38)30-19-18-27-14-10-11-17-29(27)20-30/h4-22H,23H2,1-3H3. The molecule has 6 heteroatoms. The molecule has 6 rings (SSSR count). The molecule has 0 saturated heterocycles. The van der Waals surface area contributed by atoms with Crippen molar-refractivity contribution >= 4 is 22.7 Å². The molecule has 0 fully saturated rings. The van der Waals surface area contributed by atoms with E-state index < -0.39 is 11.9 Å². The van der Waals surface area contributed by atoms with Crippen molar-refractivity contribution in [2.45, 2.75) is 20.5 Å². The summed E-state index contributed by atoms with van der Waals surface area (Å²) in [5.41, 5.74) is 6.59. The SMILES string of the molecule is COC(=O)c1cc(-c2ccccc2)n(-n2c(-c3ccc4ccccc4c3)cc(C(=O)OCc3ccccc3)c2C)c1C. The van der Waals surface area contributed by atoms with E-state index in [1.165, 1.54) is 7.11 Å². The fourth-order valence-electron chi connectivity index (χ4n) is 5.40. The van der Waals surface area contributed by atoms with Crippen LogP contribution < -0.4 is 0 Å². The van der Waals surface area contributed by atoms with Crippen molar-refractivity contribution in [3.63, 3.8) is 0 Å². The maximum absolute atomic E-state index is 13.6. The Morgan fingerprint density at radius 2 is 1.14 bits per heavy atom. The topological polar surface area (TPSA) is 62.5 Å². The number of methoxy groups -OCH3 is 1. The molecule has 0 N–H and O–H groups in total. The highest BCUT2D eigenvalue weighted by Crippen LogP contribution is 2.34. The summed E-state index contributed by atoms with van der Waals surface area (Å²) < 4.78 is 14.9. The number of benzene rings is 4. The molecule has 208 valence electrons. The second-order valence-corrected chi connectivity index (χ2v) is 10.2. The summed E-state index contributed by atoms with van der Waals surface area (Å²) in [6, 6.07) is 37.6. The van der Waals surface area contributed by atoms with Crippen LogP contribution in [0.25, 0.3) is 33.3 Å². The molecule has 2 heterocycles. The van der Waals surface area contributed by atoms with Crippen LogP contribution in [0.4, 0.5) is 0 Å². The lowest BCUT2D eigenvalue weighted by Crippen LogP contribution is -2.17. The summed E-state index contributed by atoms with van der Waals surface area (Å²) in [7, 11) is 1.38. The fraction of sp³-hybridized carbons (Fsp3) is 0.111. The summed E-state index contributed by atoms with van der Waals surface area (Å²) in [4.78, 5) is 26.4. The van der Waals surface area contributed by atoms with Gasteiger partial charge >= 0.3 is 11.9 Å². The zero-order valence-corrected chi connectivity index (χ0v) is 23.7. The fourth-order valence-corrected chi connectivity index (χ4v) is 5.40. The van der Waals surface area contributed by atoms with Crippen LogP contribution in [0.15, 0.2) is 115 Å². The van der Waals surface area contributed by atoms with E-state index in [0.717, 1.165) is 38.9 Å². The normalized spacial score (nSPS) is 11.0. The van der Waals surface area contributed by atoms with E-state index in [0.29, 0.717) is 22.5 Å². The lowest BCUT2D eigenvalue weighted by molar-refractivity contribution is 0.0471. The lowest BCUT2D eigenvalue weighted by Gasteiger charge is -2.20. The summed E-state index contributed by atoms with van der Waals surface area (Å²) >= 11 is 0. The molecule has 0 saturated carbocycles. The second kappa shape index (κ2) is 11.3. The van der Waals surface area contributed by atoms with Crippen molar-refractivity contribution in [2.75, 3.05) is 7.11 Å². The molecule has 0 aliphatic rings. The zero-order chi connectivity index (χ0) is 29.2. The average molecular weight is 555 g/mol. The van der Waals surface area contributed by atoms with Gasteiger partial charge in [0, 0.05) is 11.1 Å². The second-order valence-electron chi connectivity index (χ2n) is 10.2. The molecule has 42 heavy (non-hydrogen) atoms. The number of hydrogen-bond acceptors (Lipinski definition) is 4. The van der Waals surface area contributed by atoms with Crippen molar-refractivity contribution in [3.8, 4) is 22.5 Å². The first-order valence-corrected chi connectivity index (χ1v) is 13.8. The number of carbonyl (C=O) groups is 2. The number of hydrogen-bond donors (Lipinski definition) is 0. The largest absolute Gasteiger partial charge is 0.465 e. The van der Waals surface area contributed by atoms with Crippen LogP contribution in [-0.4, -0.2) is 28.4 Å². The predicted molar refractivity (Wildman–Crippen MR) is 164 cm³/mol. The van der Waals surface area contributed by atoms with Gasteiger partial charge in [0.1, 0.15) is 6.61 Å². The van der Waals surface area contributed by atoms with E-state index in [1.807, 2.05) is 108 Å². The van der Waals surface area contributed by atoms with Crippen LogP contribution in [0, 0.1) is 13.8 Å². The maximum atomic E-state index is 13.6. The van der Waals surface area contributed by atoms with Crippen molar-refractivity contribution in [1.29, 1.82) is 0 Å². The monoisotopic (exact) mass is 554 g/mol. The minimum Gasteiger partial charge on any atom is -0.465 e. The molecule has 0 amide bonds. The Balaban J connectivity index is 1.57. The molecule has 0 spiro atoms. The third-order valence-corrected chi connectivity index (χ3v) is 7.59.